The molecule has 3 N–H and O–H groups in total. The fraction of sp³-hybridized carbons (Fsp3) is 0.400. The van der Waals surface area contributed by atoms with E-state index in [4.69, 9.17) is 10.3 Å². The van der Waals surface area contributed by atoms with Gasteiger partial charge in [-0.2, -0.15) is 0 Å². The molecule has 0 aliphatic rings. The summed E-state index contributed by atoms with van der Waals surface area (Å²) in [7, 11) is 2.01. The average molecular weight is 275 g/mol. The number of amides is 1. The lowest BCUT2D eigenvalue weighted by atomic mass is 10.1. The van der Waals surface area contributed by atoms with Crippen LogP contribution in [0, 0.1) is 5.92 Å². The quantitative estimate of drug-likeness (QED) is 0.498. The molecule has 0 saturated carbocycles. The number of carbonyl (C=O) groups is 1. The maximum absolute atomic E-state index is 12.0. The molecule has 1 aromatic heterocycles. The Morgan fingerprint density at radius 1 is 1.40 bits per heavy atom. The summed E-state index contributed by atoms with van der Waals surface area (Å²) in [6.07, 6.45) is 0. The summed E-state index contributed by atoms with van der Waals surface area (Å²) in [6, 6.07) is 7.49. The number of fused-ring (bicyclic) bond motifs is 1. The normalized spacial score (nSPS) is 11.5. The van der Waals surface area contributed by atoms with Gasteiger partial charge in [-0.15, -0.1) is 0 Å². The van der Waals surface area contributed by atoms with Crippen molar-refractivity contribution >= 4 is 16.9 Å². The molecule has 0 radical (unpaired) electrons. The van der Waals surface area contributed by atoms with Crippen LogP contribution in [-0.4, -0.2) is 24.4 Å². The molecule has 0 spiro atoms. The third kappa shape index (κ3) is 3.00. The third-order valence-electron chi connectivity index (χ3n) is 3.12. The SMILES string of the molecule is CC(C)CN(C)Cc1oc2ccccc2c1C(=O)NN. The van der Waals surface area contributed by atoms with Crippen LogP contribution in [0.1, 0.15) is 30.0 Å². The van der Waals surface area contributed by atoms with Crippen molar-refractivity contribution in [1.82, 2.24) is 10.3 Å². The predicted molar refractivity (Wildman–Crippen MR) is 79.0 cm³/mol. The first kappa shape index (κ1) is 14.6. The molecule has 1 amide bonds. The van der Waals surface area contributed by atoms with Crippen LogP contribution in [0.5, 0.6) is 0 Å². The number of hydrogen-bond donors (Lipinski definition) is 2. The van der Waals surface area contributed by atoms with Crippen LogP contribution in [0.4, 0.5) is 0 Å². The van der Waals surface area contributed by atoms with E-state index in [2.05, 4.69) is 24.2 Å². The van der Waals surface area contributed by atoms with E-state index >= 15 is 0 Å². The molecule has 0 fully saturated rings. The topological polar surface area (TPSA) is 71.5 Å². The van der Waals surface area contributed by atoms with Gasteiger partial charge in [0.25, 0.3) is 5.91 Å². The average Bonchev–Trinajstić information content (AvgIpc) is 2.74. The lowest BCUT2D eigenvalue weighted by Crippen LogP contribution is -2.31. The van der Waals surface area contributed by atoms with Crippen molar-refractivity contribution in [2.24, 2.45) is 11.8 Å². The van der Waals surface area contributed by atoms with Gasteiger partial charge in [-0.3, -0.25) is 15.1 Å². The van der Waals surface area contributed by atoms with Gasteiger partial charge in [0.05, 0.1) is 12.1 Å². The van der Waals surface area contributed by atoms with Gasteiger partial charge in [0.15, 0.2) is 0 Å². The number of nitrogen functional groups attached to an aromatic ring is 1. The molecule has 0 saturated heterocycles. The van der Waals surface area contributed by atoms with Crippen LogP contribution < -0.4 is 11.3 Å². The number of hydrazine groups is 1. The van der Waals surface area contributed by atoms with Gasteiger partial charge >= 0.3 is 0 Å². The largest absolute Gasteiger partial charge is 0.459 e. The van der Waals surface area contributed by atoms with Crippen molar-refractivity contribution in [1.29, 1.82) is 0 Å². The Kier molecular flexibility index (Phi) is 4.42. The molecular weight excluding hydrogens is 254 g/mol. The number of nitrogens with one attached hydrogen (secondary N) is 1. The number of nitrogens with two attached hydrogens (primary N) is 1. The van der Waals surface area contributed by atoms with Gasteiger partial charge in [0, 0.05) is 11.9 Å². The smallest absolute Gasteiger partial charge is 0.269 e. The summed E-state index contributed by atoms with van der Waals surface area (Å²) in [5, 5.41) is 0.795. The fourth-order valence-corrected chi connectivity index (χ4v) is 2.46. The molecular formula is C15H21N3O2. The summed E-state index contributed by atoms with van der Waals surface area (Å²) in [5.74, 6) is 6.17. The Labute approximate surface area is 118 Å². The second-order valence-corrected chi connectivity index (χ2v) is 5.46. The maximum atomic E-state index is 12.0. The molecule has 0 aliphatic heterocycles. The van der Waals surface area contributed by atoms with Gasteiger partial charge in [-0.25, -0.2) is 5.84 Å². The molecule has 0 unspecified atom stereocenters. The maximum Gasteiger partial charge on any atom is 0.269 e. The Bertz CT molecular complexity index is 604. The first-order valence-corrected chi connectivity index (χ1v) is 6.72. The molecule has 5 nitrogen and oxygen atoms in total. The number of nitrogens with zero attached hydrogens (tertiary/aromatic N) is 1. The van der Waals surface area contributed by atoms with Gasteiger partial charge in [-0.1, -0.05) is 32.0 Å². The second-order valence-electron chi connectivity index (χ2n) is 5.46. The number of carbonyl (C=O) groups excluding carboxylic acids is 1. The minimum Gasteiger partial charge on any atom is -0.459 e. The van der Waals surface area contributed by atoms with Crippen LogP contribution in [0.2, 0.25) is 0 Å². The summed E-state index contributed by atoms with van der Waals surface area (Å²) < 4.78 is 5.82. The zero-order valence-electron chi connectivity index (χ0n) is 12.1. The van der Waals surface area contributed by atoms with Gasteiger partial charge in [0.1, 0.15) is 11.3 Å². The number of hydrogen-bond acceptors (Lipinski definition) is 4. The van der Waals surface area contributed by atoms with Crippen LogP contribution in [0.15, 0.2) is 28.7 Å². The van der Waals surface area contributed by atoms with E-state index in [1.54, 1.807) is 0 Å². The standard InChI is InChI=1S/C15H21N3O2/c1-10(2)8-18(3)9-13-14(15(19)17-16)11-6-4-5-7-12(11)20-13/h4-7,10H,8-9,16H2,1-3H3,(H,17,19). The molecule has 20 heavy (non-hydrogen) atoms. The van der Waals surface area contributed by atoms with E-state index in [1.165, 1.54) is 0 Å². The van der Waals surface area contributed by atoms with Crippen molar-refractivity contribution in [3.05, 3.63) is 35.6 Å². The predicted octanol–water partition coefficient (Wildman–Crippen LogP) is 2.12. The lowest BCUT2D eigenvalue weighted by Gasteiger charge is -2.17. The molecule has 0 atom stereocenters. The Morgan fingerprint density at radius 3 is 2.75 bits per heavy atom. The second kappa shape index (κ2) is 6.07. The molecule has 2 rings (SSSR count). The van der Waals surface area contributed by atoms with Crippen molar-refractivity contribution in [2.45, 2.75) is 20.4 Å². The zero-order valence-corrected chi connectivity index (χ0v) is 12.1. The highest BCUT2D eigenvalue weighted by atomic mass is 16.3. The van der Waals surface area contributed by atoms with Crippen molar-refractivity contribution in [2.75, 3.05) is 13.6 Å². The molecule has 1 aromatic carbocycles. The summed E-state index contributed by atoms with van der Waals surface area (Å²) >= 11 is 0. The zero-order chi connectivity index (χ0) is 14.7. The van der Waals surface area contributed by atoms with Crippen molar-refractivity contribution in [3.63, 3.8) is 0 Å². The lowest BCUT2D eigenvalue weighted by molar-refractivity contribution is 0.0951. The van der Waals surface area contributed by atoms with E-state index in [1.807, 2.05) is 31.3 Å². The van der Waals surface area contributed by atoms with E-state index in [-0.39, 0.29) is 5.91 Å². The van der Waals surface area contributed by atoms with Gasteiger partial charge < -0.3 is 4.42 Å². The van der Waals surface area contributed by atoms with E-state index in [0.717, 1.165) is 11.9 Å². The van der Waals surface area contributed by atoms with E-state index in [9.17, 15) is 4.79 Å². The number of rotatable bonds is 5. The van der Waals surface area contributed by atoms with E-state index in [0.29, 0.717) is 29.4 Å². The molecule has 2 aromatic rings. The highest BCUT2D eigenvalue weighted by Crippen LogP contribution is 2.26. The first-order chi connectivity index (χ1) is 9.52. The Morgan fingerprint density at radius 2 is 2.10 bits per heavy atom. The number of benzene rings is 1. The minimum absolute atomic E-state index is 0.317. The fourth-order valence-electron chi connectivity index (χ4n) is 2.46. The van der Waals surface area contributed by atoms with Crippen LogP contribution >= 0.6 is 0 Å². The molecule has 0 aliphatic carbocycles. The number of para-hydroxylation sites is 1. The Hall–Kier alpha value is -1.85. The van der Waals surface area contributed by atoms with Gasteiger partial charge in [-0.05, 0) is 19.0 Å². The monoisotopic (exact) mass is 275 g/mol. The van der Waals surface area contributed by atoms with Crippen LogP contribution in [0.25, 0.3) is 11.0 Å². The number of furan rings is 1. The Balaban J connectivity index is 2.38. The highest BCUT2D eigenvalue weighted by Gasteiger charge is 2.21. The molecule has 0 bridgehead atoms. The van der Waals surface area contributed by atoms with Crippen molar-refractivity contribution < 1.29 is 9.21 Å². The van der Waals surface area contributed by atoms with Gasteiger partial charge in [0.2, 0.25) is 0 Å². The minimum atomic E-state index is -0.317. The van der Waals surface area contributed by atoms with Crippen molar-refractivity contribution in [3.8, 4) is 0 Å². The molecule has 108 valence electrons. The summed E-state index contributed by atoms with van der Waals surface area (Å²) in [6.45, 7) is 5.82. The van der Waals surface area contributed by atoms with E-state index < -0.39 is 0 Å². The van der Waals surface area contributed by atoms with Crippen LogP contribution in [0.3, 0.4) is 0 Å². The molecule has 1 heterocycles. The summed E-state index contributed by atoms with van der Waals surface area (Å²) in [4.78, 5) is 14.1. The highest BCUT2D eigenvalue weighted by molar-refractivity contribution is 6.07. The molecule has 5 heteroatoms. The third-order valence-corrected chi connectivity index (χ3v) is 3.12. The first-order valence-electron chi connectivity index (χ1n) is 6.72. The summed E-state index contributed by atoms with van der Waals surface area (Å²) in [5.41, 5.74) is 3.43. The van der Waals surface area contributed by atoms with Crippen LogP contribution in [-0.2, 0) is 6.54 Å².